The lowest BCUT2D eigenvalue weighted by molar-refractivity contribution is -0.0376. The molecule has 0 spiro atoms. The first kappa shape index (κ1) is 10.6. The largest absolute Gasteiger partial charge is 0.308 e. The molecule has 82 valence electrons. The minimum Gasteiger partial charge on any atom is -0.308 e. The Labute approximate surface area is 88.5 Å². The van der Waals surface area contributed by atoms with Crippen LogP contribution >= 0.6 is 0 Å². The fraction of sp³-hybridized carbons (Fsp3) is 0.500. The molecule has 1 nitrogen and oxygen atoms in total. The molecule has 1 aliphatic rings. The van der Waals surface area contributed by atoms with Gasteiger partial charge in [0.05, 0.1) is 6.04 Å². The van der Waals surface area contributed by atoms with Crippen LogP contribution in [0.1, 0.15) is 24.0 Å². The molecule has 1 aromatic carbocycles. The van der Waals surface area contributed by atoms with Crippen LogP contribution in [0.3, 0.4) is 0 Å². The van der Waals surface area contributed by atoms with Gasteiger partial charge < -0.3 is 5.32 Å². The highest BCUT2D eigenvalue weighted by molar-refractivity contribution is 5.26. The first-order valence-corrected chi connectivity index (χ1v) is 5.29. The van der Waals surface area contributed by atoms with Crippen molar-refractivity contribution >= 4 is 0 Å². The summed E-state index contributed by atoms with van der Waals surface area (Å²) in [5.74, 6) is -2.75. The average Bonchev–Trinajstić information content (AvgIpc) is 2.71. The Balaban J connectivity index is 2.23. The third-order valence-electron chi connectivity index (χ3n) is 2.93. The average molecular weight is 211 g/mol. The van der Waals surface area contributed by atoms with Crippen molar-refractivity contribution in [2.75, 3.05) is 6.54 Å². The minimum atomic E-state index is -2.75. The summed E-state index contributed by atoms with van der Waals surface area (Å²) in [6, 6.07) is 5.82. The molecular formula is C12H15F2N. The van der Waals surface area contributed by atoms with Crippen molar-refractivity contribution in [1.29, 1.82) is 0 Å². The van der Waals surface area contributed by atoms with E-state index >= 15 is 0 Å². The zero-order chi connectivity index (χ0) is 10.9. The van der Waals surface area contributed by atoms with Crippen LogP contribution in [0.5, 0.6) is 0 Å². The second-order valence-corrected chi connectivity index (χ2v) is 4.14. The van der Waals surface area contributed by atoms with Gasteiger partial charge in [0.15, 0.2) is 0 Å². The number of halogens is 2. The van der Waals surface area contributed by atoms with Gasteiger partial charge in [0.1, 0.15) is 0 Å². The predicted octanol–water partition coefficient (Wildman–Crippen LogP) is 2.84. The maximum atomic E-state index is 13.9. The van der Waals surface area contributed by atoms with Crippen LogP contribution in [0, 0.1) is 6.92 Å². The van der Waals surface area contributed by atoms with Crippen molar-refractivity contribution in [2.24, 2.45) is 0 Å². The fourth-order valence-electron chi connectivity index (χ4n) is 1.97. The second-order valence-electron chi connectivity index (χ2n) is 4.14. The summed E-state index contributed by atoms with van der Waals surface area (Å²) in [6.45, 7) is 2.60. The second kappa shape index (κ2) is 3.89. The highest BCUT2D eigenvalue weighted by Crippen LogP contribution is 2.35. The Hall–Kier alpha value is -0.960. The number of aryl methyl sites for hydroxylation is 1. The van der Waals surface area contributed by atoms with E-state index in [2.05, 4.69) is 5.32 Å². The van der Waals surface area contributed by atoms with Gasteiger partial charge in [-0.05, 0) is 26.3 Å². The number of alkyl halides is 2. The normalized spacial score (nSPS) is 21.9. The van der Waals surface area contributed by atoms with Gasteiger partial charge in [0.25, 0.3) is 5.92 Å². The van der Waals surface area contributed by atoms with Gasteiger partial charge in [-0.3, -0.25) is 0 Å². The first-order valence-electron chi connectivity index (χ1n) is 5.29. The summed E-state index contributed by atoms with van der Waals surface area (Å²) in [5.41, 5.74) is 1.13. The van der Waals surface area contributed by atoms with Crippen molar-refractivity contribution < 1.29 is 8.78 Å². The van der Waals surface area contributed by atoms with Crippen molar-refractivity contribution in [1.82, 2.24) is 5.32 Å². The van der Waals surface area contributed by atoms with Crippen LogP contribution in [-0.2, 0) is 5.92 Å². The monoisotopic (exact) mass is 211 g/mol. The molecule has 1 unspecified atom stereocenters. The molecule has 3 heteroatoms. The first-order chi connectivity index (χ1) is 7.10. The number of hydrogen-bond acceptors (Lipinski definition) is 1. The molecule has 1 aliphatic heterocycles. The van der Waals surface area contributed by atoms with Gasteiger partial charge in [-0.15, -0.1) is 0 Å². The molecule has 1 atom stereocenters. The number of nitrogens with one attached hydrogen (secondary N) is 1. The number of rotatable bonds is 2. The lowest BCUT2D eigenvalue weighted by Gasteiger charge is -2.23. The van der Waals surface area contributed by atoms with E-state index in [1.54, 1.807) is 12.1 Å². The standard InChI is InChI=1S/C12H15F2N/c1-9-4-6-10(7-5-9)12(13,14)11-3-2-8-15-11/h4-7,11,15H,2-3,8H2,1H3. The highest BCUT2D eigenvalue weighted by Gasteiger charge is 2.42. The molecule has 1 saturated heterocycles. The van der Waals surface area contributed by atoms with E-state index in [0.29, 0.717) is 13.0 Å². The van der Waals surface area contributed by atoms with E-state index in [4.69, 9.17) is 0 Å². The summed E-state index contributed by atoms with van der Waals surface area (Å²) in [6.07, 6.45) is 1.40. The predicted molar refractivity (Wildman–Crippen MR) is 56.1 cm³/mol. The third kappa shape index (κ3) is 2.02. The summed E-state index contributed by atoms with van der Waals surface area (Å²) in [7, 11) is 0. The molecule has 1 N–H and O–H groups in total. The lowest BCUT2D eigenvalue weighted by atomic mass is 9.99. The topological polar surface area (TPSA) is 12.0 Å². The summed E-state index contributed by atoms with van der Waals surface area (Å²) < 4.78 is 27.9. The molecule has 0 radical (unpaired) electrons. The van der Waals surface area contributed by atoms with Crippen LogP contribution in [0.15, 0.2) is 24.3 Å². The Morgan fingerprint density at radius 1 is 1.27 bits per heavy atom. The van der Waals surface area contributed by atoms with E-state index in [1.807, 2.05) is 6.92 Å². The maximum Gasteiger partial charge on any atom is 0.288 e. The van der Waals surface area contributed by atoms with Crippen molar-refractivity contribution in [3.63, 3.8) is 0 Å². The van der Waals surface area contributed by atoms with E-state index in [0.717, 1.165) is 12.0 Å². The molecule has 1 aromatic rings. The molecule has 0 bridgehead atoms. The molecule has 0 aromatic heterocycles. The third-order valence-corrected chi connectivity index (χ3v) is 2.93. The van der Waals surface area contributed by atoms with Gasteiger partial charge in [-0.25, -0.2) is 0 Å². The van der Waals surface area contributed by atoms with Crippen LogP contribution in [0.2, 0.25) is 0 Å². The van der Waals surface area contributed by atoms with Gasteiger partial charge in [0.2, 0.25) is 0 Å². The smallest absolute Gasteiger partial charge is 0.288 e. The molecule has 1 fully saturated rings. The quantitative estimate of drug-likeness (QED) is 0.793. The van der Waals surface area contributed by atoms with E-state index in [9.17, 15) is 8.78 Å². The van der Waals surface area contributed by atoms with Crippen molar-refractivity contribution in [2.45, 2.75) is 31.7 Å². The van der Waals surface area contributed by atoms with Crippen molar-refractivity contribution in [3.05, 3.63) is 35.4 Å². The Morgan fingerprint density at radius 2 is 1.93 bits per heavy atom. The number of benzene rings is 1. The van der Waals surface area contributed by atoms with E-state index in [-0.39, 0.29) is 5.56 Å². The number of hydrogen-bond donors (Lipinski definition) is 1. The van der Waals surface area contributed by atoms with Crippen LogP contribution in [-0.4, -0.2) is 12.6 Å². The van der Waals surface area contributed by atoms with Gasteiger partial charge >= 0.3 is 0 Å². The van der Waals surface area contributed by atoms with Crippen molar-refractivity contribution in [3.8, 4) is 0 Å². The van der Waals surface area contributed by atoms with E-state index < -0.39 is 12.0 Å². The molecular weight excluding hydrogens is 196 g/mol. The SMILES string of the molecule is Cc1ccc(C(F)(F)C2CCCN2)cc1. The minimum absolute atomic E-state index is 0.118. The van der Waals surface area contributed by atoms with Gasteiger partial charge in [-0.1, -0.05) is 29.8 Å². The highest BCUT2D eigenvalue weighted by atomic mass is 19.3. The van der Waals surface area contributed by atoms with Crippen LogP contribution in [0.25, 0.3) is 0 Å². The molecule has 15 heavy (non-hydrogen) atoms. The molecule has 2 rings (SSSR count). The van der Waals surface area contributed by atoms with Gasteiger partial charge in [0, 0.05) is 5.56 Å². The maximum absolute atomic E-state index is 13.9. The molecule has 0 aliphatic carbocycles. The molecule has 0 saturated carbocycles. The Kier molecular flexibility index (Phi) is 2.74. The summed E-state index contributed by atoms with van der Waals surface area (Å²) in [5, 5.41) is 2.86. The zero-order valence-corrected chi connectivity index (χ0v) is 8.76. The Bertz CT molecular complexity index is 326. The molecule has 0 amide bonds. The van der Waals surface area contributed by atoms with Crippen LogP contribution < -0.4 is 5.32 Å². The lowest BCUT2D eigenvalue weighted by Crippen LogP contribution is -2.38. The summed E-state index contributed by atoms with van der Waals surface area (Å²) in [4.78, 5) is 0. The Morgan fingerprint density at radius 3 is 2.47 bits per heavy atom. The van der Waals surface area contributed by atoms with Gasteiger partial charge in [-0.2, -0.15) is 8.78 Å². The molecule has 1 heterocycles. The fourth-order valence-corrected chi connectivity index (χ4v) is 1.97. The summed E-state index contributed by atoms with van der Waals surface area (Å²) >= 11 is 0. The zero-order valence-electron chi connectivity index (χ0n) is 8.76. The van der Waals surface area contributed by atoms with E-state index in [1.165, 1.54) is 12.1 Å². The van der Waals surface area contributed by atoms with Crippen LogP contribution in [0.4, 0.5) is 8.78 Å².